The second kappa shape index (κ2) is 7.32. The lowest BCUT2D eigenvalue weighted by Crippen LogP contribution is -2.42. The lowest BCUT2D eigenvalue weighted by Gasteiger charge is -2.40. The summed E-state index contributed by atoms with van der Waals surface area (Å²) in [6, 6.07) is 5.06. The quantitative estimate of drug-likeness (QED) is 0.889. The van der Waals surface area contributed by atoms with Crippen LogP contribution in [-0.2, 0) is 0 Å². The van der Waals surface area contributed by atoms with Gasteiger partial charge in [-0.1, -0.05) is 19.1 Å². The van der Waals surface area contributed by atoms with Crippen LogP contribution in [0, 0.1) is 11.6 Å². The molecule has 4 heteroatoms. The number of nitrogens with zero attached hydrogens (tertiary/aromatic N) is 1. The van der Waals surface area contributed by atoms with Crippen molar-refractivity contribution in [2.45, 2.75) is 64.1 Å². The number of hydrogen-bond donors (Lipinski definition) is 1. The summed E-state index contributed by atoms with van der Waals surface area (Å²) in [5, 5.41) is 0. The molecule has 1 aromatic carbocycles. The van der Waals surface area contributed by atoms with E-state index >= 15 is 0 Å². The first-order chi connectivity index (χ1) is 10.0. The highest BCUT2D eigenvalue weighted by Crippen LogP contribution is 2.31. The molecule has 1 aliphatic rings. The van der Waals surface area contributed by atoms with E-state index in [4.69, 9.17) is 5.73 Å². The minimum absolute atomic E-state index is 0.111. The molecule has 0 amide bonds. The zero-order valence-electron chi connectivity index (χ0n) is 13.0. The van der Waals surface area contributed by atoms with Gasteiger partial charge in [0.25, 0.3) is 0 Å². The van der Waals surface area contributed by atoms with Crippen LogP contribution in [-0.4, -0.2) is 23.5 Å². The van der Waals surface area contributed by atoms with Crippen LogP contribution >= 0.6 is 0 Å². The first-order valence-electron chi connectivity index (χ1n) is 7.99. The molecule has 1 saturated carbocycles. The SMILES string of the molecule is CCCN(C1CCC(N)CC1)C(C)c1cccc(F)c1F. The standard InChI is InChI=1S/C17H26F2N2/c1-3-11-21(14-9-7-13(20)8-10-14)12(2)15-5-4-6-16(18)17(15)19/h4-6,12-14H,3,7-11,20H2,1-2H3. The molecule has 0 bridgehead atoms. The van der Waals surface area contributed by atoms with Crippen LogP contribution in [0.4, 0.5) is 8.78 Å². The average molecular weight is 296 g/mol. The van der Waals surface area contributed by atoms with Gasteiger partial charge in [-0.2, -0.15) is 0 Å². The van der Waals surface area contributed by atoms with Crippen molar-refractivity contribution in [1.29, 1.82) is 0 Å². The van der Waals surface area contributed by atoms with Gasteiger partial charge in [-0.15, -0.1) is 0 Å². The van der Waals surface area contributed by atoms with Crippen LogP contribution in [0.25, 0.3) is 0 Å². The van der Waals surface area contributed by atoms with Crippen LogP contribution in [0.1, 0.15) is 57.6 Å². The highest BCUT2D eigenvalue weighted by Gasteiger charge is 2.29. The van der Waals surface area contributed by atoms with Crippen molar-refractivity contribution in [3.63, 3.8) is 0 Å². The Hall–Kier alpha value is -1.00. The van der Waals surface area contributed by atoms with Crippen molar-refractivity contribution in [3.8, 4) is 0 Å². The van der Waals surface area contributed by atoms with E-state index < -0.39 is 11.6 Å². The molecule has 1 unspecified atom stereocenters. The maximum absolute atomic E-state index is 14.1. The van der Waals surface area contributed by atoms with Crippen molar-refractivity contribution in [2.75, 3.05) is 6.54 Å². The number of benzene rings is 1. The summed E-state index contributed by atoms with van der Waals surface area (Å²) in [7, 11) is 0. The smallest absolute Gasteiger partial charge is 0.163 e. The molecule has 118 valence electrons. The first-order valence-corrected chi connectivity index (χ1v) is 7.99. The Kier molecular flexibility index (Phi) is 5.71. The van der Waals surface area contributed by atoms with E-state index in [2.05, 4.69) is 11.8 Å². The summed E-state index contributed by atoms with van der Waals surface area (Å²) in [5.74, 6) is -1.47. The van der Waals surface area contributed by atoms with Crippen LogP contribution in [0.5, 0.6) is 0 Å². The molecule has 1 fully saturated rings. The number of rotatable bonds is 5. The summed E-state index contributed by atoms with van der Waals surface area (Å²) >= 11 is 0. The normalized spacial score (nSPS) is 24.3. The van der Waals surface area contributed by atoms with Gasteiger partial charge in [-0.3, -0.25) is 4.90 Å². The topological polar surface area (TPSA) is 29.3 Å². The van der Waals surface area contributed by atoms with E-state index in [0.29, 0.717) is 17.6 Å². The molecular weight excluding hydrogens is 270 g/mol. The molecule has 1 aliphatic carbocycles. The minimum Gasteiger partial charge on any atom is -0.328 e. The van der Waals surface area contributed by atoms with Gasteiger partial charge in [0.1, 0.15) is 0 Å². The summed E-state index contributed by atoms with van der Waals surface area (Å²) in [5.41, 5.74) is 6.43. The highest BCUT2D eigenvalue weighted by molar-refractivity contribution is 5.22. The summed E-state index contributed by atoms with van der Waals surface area (Å²) in [4.78, 5) is 2.32. The van der Waals surface area contributed by atoms with Crippen LogP contribution in [0.15, 0.2) is 18.2 Å². The van der Waals surface area contributed by atoms with E-state index in [0.717, 1.165) is 38.6 Å². The van der Waals surface area contributed by atoms with E-state index in [1.807, 2.05) is 6.92 Å². The Morgan fingerprint density at radius 2 is 1.90 bits per heavy atom. The molecule has 21 heavy (non-hydrogen) atoms. The second-order valence-electron chi connectivity index (χ2n) is 6.13. The van der Waals surface area contributed by atoms with Gasteiger partial charge in [0.05, 0.1) is 0 Å². The Labute approximate surface area is 126 Å². The summed E-state index contributed by atoms with van der Waals surface area (Å²) < 4.78 is 27.5. The minimum atomic E-state index is -0.763. The Morgan fingerprint density at radius 1 is 1.24 bits per heavy atom. The number of hydrogen-bond acceptors (Lipinski definition) is 2. The monoisotopic (exact) mass is 296 g/mol. The summed E-state index contributed by atoms with van der Waals surface area (Å²) in [6.45, 7) is 5.00. The second-order valence-corrected chi connectivity index (χ2v) is 6.13. The maximum Gasteiger partial charge on any atom is 0.163 e. The zero-order valence-corrected chi connectivity index (χ0v) is 13.0. The third-order valence-corrected chi connectivity index (χ3v) is 4.62. The Bertz CT molecular complexity index is 456. The van der Waals surface area contributed by atoms with Crippen molar-refractivity contribution in [3.05, 3.63) is 35.4 Å². The van der Waals surface area contributed by atoms with Gasteiger partial charge in [0.15, 0.2) is 11.6 Å². The van der Waals surface area contributed by atoms with Crippen molar-refractivity contribution < 1.29 is 8.78 Å². The van der Waals surface area contributed by atoms with Crippen molar-refractivity contribution >= 4 is 0 Å². The average Bonchev–Trinajstić information content (AvgIpc) is 2.48. The number of nitrogens with two attached hydrogens (primary N) is 1. The fourth-order valence-corrected chi connectivity index (χ4v) is 3.41. The molecule has 0 radical (unpaired) electrons. The van der Waals surface area contributed by atoms with Gasteiger partial charge in [0, 0.05) is 23.7 Å². The van der Waals surface area contributed by atoms with E-state index in [-0.39, 0.29) is 6.04 Å². The van der Waals surface area contributed by atoms with Crippen LogP contribution in [0.2, 0.25) is 0 Å². The third kappa shape index (κ3) is 3.80. The predicted molar refractivity (Wildman–Crippen MR) is 82.0 cm³/mol. The first kappa shape index (κ1) is 16.4. The molecule has 0 spiro atoms. The lowest BCUT2D eigenvalue weighted by molar-refractivity contribution is 0.105. The Morgan fingerprint density at radius 3 is 2.52 bits per heavy atom. The van der Waals surface area contributed by atoms with E-state index in [9.17, 15) is 8.78 Å². The molecule has 1 aromatic rings. The molecule has 2 rings (SSSR count). The van der Waals surface area contributed by atoms with Gasteiger partial charge in [0.2, 0.25) is 0 Å². The van der Waals surface area contributed by atoms with E-state index in [1.54, 1.807) is 12.1 Å². The van der Waals surface area contributed by atoms with Gasteiger partial charge >= 0.3 is 0 Å². The molecule has 0 aromatic heterocycles. The molecule has 2 nitrogen and oxygen atoms in total. The lowest BCUT2D eigenvalue weighted by atomic mass is 9.89. The molecule has 0 saturated heterocycles. The number of halogens is 2. The highest BCUT2D eigenvalue weighted by atomic mass is 19.2. The molecule has 0 aliphatic heterocycles. The summed E-state index contributed by atoms with van der Waals surface area (Å²) in [6.07, 6.45) is 5.13. The molecular formula is C17H26F2N2. The van der Waals surface area contributed by atoms with Crippen LogP contribution < -0.4 is 5.73 Å². The van der Waals surface area contributed by atoms with Gasteiger partial charge in [-0.05, 0) is 51.6 Å². The Balaban J connectivity index is 2.18. The van der Waals surface area contributed by atoms with Gasteiger partial charge < -0.3 is 5.73 Å². The molecule has 1 atom stereocenters. The fourth-order valence-electron chi connectivity index (χ4n) is 3.41. The predicted octanol–water partition coefficient (Wildman–Crippen LogP) is 4.01. The fraction of sp³-hybridized carbons (Fsp3) is 0.647. The zero-order chi connectivity index (χ0) is 15.4. The maximum atomic E-state index is 14.1. The largest absolute Gasteiger partial charge is 0.328 e. The third-order valence-electron chi connectivity index (χ3n) is 4.62. The van der Waals surface area contributed by atoms with Gasteiger partial charge in [-0.25, -0.2) is 8.78 Å². The van der Waals surface area contributed by atoms with Crippen molar-refractivity contribution in [1.82, 2.24) is 4.90 Å². The van der Waals surface area contributed by atoms with Crippen LogP contribution in [0.3, 0.4) is 0 Å². The van der Waals surface area contributed by atoms with Crippen molar-refractivity contribution in [2.24, 2.45) is 5.73 Å². The van der Waals surface area contributed by atoms with E-state index in [1.165, 1.54) is 6.07 Å². The molecule has 0 heterocycles. The molecule has 2 N–H and O–H groups in total.